The van der Waals surface area contributed by atoms with E-state index in [1.165, 1.54) is 68.5 Å². The smallest absolute Gasteiger partial charge is 0.195 e. The van der Waals surface area contributed by atoms with Crippen molar-refractivity contribution < 1.29 is 0 Å². The number of fused-ring (bicyclic) bond motifs is 11. The Hall–Kier alpha value is -4.97. The lowest BCUT2D eigenvalue weighted by Crippen LogP contribution is -1.95. The molecule has 0 atom stereocenters. The molecule has 0 saturated carbocycles. The van der Waals surface area contributed by atoms with Crippen molar-refractivity contribution in [3.8, 4) is 10.8 Å². The molecule has 0 N–H and O–H groups in total. The summed E-state index contributed by atoms with van der Waals surface area (Å²) >= 11 is 3.66. The van der Waals surface area contributed by atoms with Crippen molar-refractivity contribution in [1.82, 2.24) is 14.1 Å². The van der Waals surface area contributed by atoms with Crippen molar-refractivity contribution >= 4 is 96.7 Å². The van der Waals surface area contributed by atoms with Crippen LogP contribution in [-0.2, 0) is 0 Å². The van der Waals surface area contributed by atoms with E-state index < -0.39 is 0 Å². The number of para-hydroxylation sites is 3. The topological polar surface area (TPSA) is 22.8 Å². The van der Waals surface area contributed by atoms with Crippen LogP contribution in [0.2, 0.25) is 0 Å². The van der Waals surface area contributed by atoms with Crippen LogP contribution in [0.1, 0.15) is 0 Å². The summed E-state index contributed by atoms with van der Waals surface area (Å²) in [5.41, 5.74) is 6.99. The van der Waals surface area contributed by atoms with Gasteiger partial charge in [-0.15, -0.1) is 11.3 Å². The second-order valence-electron chi connectivity index (χ2n) is 10.8. The molecular formula is C37H21N3S2. The van der Waals surface area contributed by atoms with Crippen molar-refractivity contribution in [2.45, 2.75) is 0 Å². The third-order valence-corrected chi connectivity index (χ3v) is 10.8. The first-order valence-corrected chi connectivity index (χ1v) is 15.7. The van der Waals surface area contributed by atoms with E-state index in [0.717, 1.165) is 16.3 Å². The van der Waals surface area contributed by atoms with E-state index in [4.69, 9.17) is 4.98 Å². The van der Waals surface area contributed by atoms with E-state index in [0.29, 0.717) is 0 Å². The summed E-state index contributed by atoms with van der Waals surface area (Å²) in [6.45, 7) is 0. The average molecular weight is 572 g/mol. The number of rotatable bonds is 2. The molecule has 0 spiro atoms. The molecule has 196 valence electrons. The third-order valence-electron chi connectivity index (χ3n) is 8.56. The van der Waals surface area contributed by atoms with Gasteiger partial charge in [0.05, 0.1) is 32.3 Å². The summed E-state index contributed by atoms with van der Waals surface area (Å²) in [6.07, 6.45) is 0. The lowest BCUT2D eigenvalue weighted by Gasteiger charge is -2.08. The summed E-state index contributed by atoms with van der Waals surface area (Å²) in [6, 6.07) is 46.1. The summed E-state index contributed by atoms with van der Waals surface area (Å²) in [7, 11) is 0. The fraction of sp³-hybridized carbons (Fsp3) is 0. The van der Waals surface area contributed by atoms with E-state index in [2.05, 4.69) is 137 Å². The molecule has 0 radical (unpaired) electrons. The maximum Gasteiger partial charge on any atom is 0.195 e. The Morgan fingerprint density at radius 2 is 1.10 bits per heavy atom. The quantitative estimate of drug-likeness (QED) is 0.202. The SMILES string of the molecule is c1ccc(-n2c3ccccc3c3cc4c5ccccc5n(-c5nc6ccc7sc8ccccc8c7c6s5)c4cc32)cc1. The molecule has 4 aromatic heterocycles. The van der Waals surface area contributed by atoms with Crippen LogP contribution < -0.4 is 0 Å². The molecule has 42 heavy (non-hydrogen) atoms. The van der Waals surface area contributed by atoms with E-state index >= 15 is 0 Å². The maximum absolute atomic E-state index is 5.27. The average Bonchev–Trinajstić information content (AvgIpc) is 3.79. The Kier molecular flexibility index (Phi) is 4.48. The van der Waals surface area contributed by atoms with Gasteiger partial charge in [0.25, 0.3) is 0 Å². The van der Waals surface area contributed by atoms with Crippen LogP contribution in [0.15, 0.2) is 127 Å². The van der Waals surface area contributed by atoms with Gasteiger partial charge < -0.3 is 4.57 Å². The van der Waals surface area contributed by atoms with Crippen LogP contribution in [0.3, 0.4) is 0 Å². The lowest BCUT2D eigenvalue weighted by molar-refractivity contribution is 1.14. The monoisotopic (exact) mass is 571 g/mol. The molecular weight excluding hydrogens is 551 g/mol. The standard InChI is InChI=1S/C37H21N3S2/c1-2-10-22(11-3-1)39-29-15-7-4-12-23(29)26-20-27-24-13-5-8-16-30(24)40(32(27)21-31(26)39)37-38-28-18-19-34-35(36(28)42-37)25-14-6-9-17-33(25)41-34/h1-21H. The fourth-order valence-electron chi connectivity index (χ4n) is 6.77. The molecule has 4 heterocycles. The third kappa shape index (κ3) is 2.96. The first-order valence-electron chi connectivity index (χ1n) is 14.1. The van der Waals surface area contributed by atoms with Crippen LogP contribution >= 0.6 is 22.7 Å². The highest BCUT2D eigenvalue weighted by Crippen LogP contribution is 2.44. The number of thiophene rings is 1. The number of thiazole rings is 1. The van der Waals surface area contributed by atoms with Gasteiger partial charge in [-0.3, -0.25) is 4.57 Å². The zero-order valence-electron chi connectivity index (χ0n) is 22.3. The molecule has 0 aliphatic heterocycles. The summed E-state index contributed by atoms with van der Waals surface area (Å²) in [5, 5.41) is 8.66. The van der Waals surface area contributed by atoms with Crippen LogP contribution in [0.4, 0.5) is 0 Å². The zero-order valence-corrected chi connectivity index (χ0v) is 23.9. The summed E-state index contributed by atoms with van der Waals surface area (Å²) in [4.78, 5) is 5.27. The maximum atomic E-state index is 5.27. The molecule has 0 amide bonds. The molecule has 0 unspecified atom stereocenters. The summed E-state index contributed by atoms with van der Waals surface area (Å²) < 4.78 is 8.66. The first kappa shape index (κ1) is 22.7. The number of hydrogen-bond donors (Lipinski definition) is 0. The Morgan fingerprint density at radius 1 is 0.452 bits per heavy atom. The van der Waals surface area contributed by atoms with E-state index in [1.54, 1.807) is 11.3 Å². The molecule has 10 rings (SSSR count). The van der Waals surface area contributed by atoms with Gasteiger partial charge in [-0.05, 0) is 54.6 Å². The molecule has 6 aromatic carbocycles. The molecule has 0 saturated heterocycles. The van der Waals surface area contributed by atoms with E-state index in [-0.39, 0.29) is 0 Å². The largest absolute Gasteiger partial charge is 0.309 e. The molecule has 0 aliphatic rings. The minimum absolute atomic E-state index is 1.00. The van der Waals surface area contributed by atoms with Gasteiger partial charge in [-0.2, -0.15) is 0 Å². The Balaban J connectivity index is 1.35. The molecule has 0 fully saturated rings. The van der Waals surface area contributed by atoms with Crippen molar-refractivity contribution in [2.24, 2.45) is 0 Å². The van der Waals surface area contributed by atoms with Gasteiger partial charge in [0.15, 0.2) is 5.13 Å². The predicted octanol–water partition coefficient (Wildman–Crippen LogP) is 10.9. The van der Waals surface area contributed by atoms with Gasteiger partial charge >= 0.3 is 0 Å². The number of hydrogen-bond acceptors (Lipinski definition) is 3. The Bertz CT molecular complexity index is 2690. The van der Waals surface area contributed by atoms with Crippen molar-refractivity contribution in [3.05, 3.63) is 127 Å². The minimum atomic E-state index is 1.00. The highest BCUT2D eigenvalue weighted by atomic mass is 32.1. The van der Waals surface area contributed by atoms with E-state index in [1.807, 2.05) is 11.3 Å². The second-order valence-corrected chi connectivity index (χ2v) is 12.9. The number of benzene rings is 6. The fourth-order valence-corrected chi connectivity index (χ4v) is 9.10. The second kappa shape index (κ2) is 8.29. The van der Waals surface area contributed by atoms with Crippen LogP contribution in [0, 0.1) is 0 Å². The normalized spacial score (nSPS) is 12.3. The minimum Gasteiger partial charge on any atom is -0.309 e. The first-order chi connectivity index (χ1) is 20.8. The van der Waals surface area contributed by atoms with E-state index in [9.17, 15) is 0 Å². The van der Waals surface area contributed by atoms with Gasteiger partial charge in [-0.25, -0.2) is 4.98 Å². The highest BCUT2D eigenvalue weighted by molar-refractivity contribution is 7.28. The predicted molar refractivity (Wildman–Crippen MR) is 181 cm³/mol. The Labute approximate surface area is 248 Å². The Morgan fingerprint density at radius 3 is 1.88 bits per heavy atom. The zero-order chi connectivity index (χ0) is 27.4. The van der Waals surface area contributed by atoms with Crippen LogP contribution in [0.25, 0.3) is 84.8 Å². The van der Waals surface area contributed by atoms with Crippen LogP contribution in [0.5, 0.6) is 0 Å². The van der Waals surface area contributed by atoms with Gasteiger partial charge in [-0.1, -0.05) is 84.1 Å². The molecule has 10 aromatic rings. The van der Waals surface area contributed by atoms with Gasteiger partial charge in [0, 0.05) is 47.4 Å². The number of aromatic nitrogens is 3. The van der Waals surface area contributed by atoms with Crippen molar-refractivity contribution in [3.63, 3.8) is 0 Å². The lowest BCUT2D eigenvalue weighted by atomic mass is 10.1. The highest BCUT2D eigenvalue weighted by Gasteiger charge is 2.20. The van der Waals surface area contributed by atoms with Crippen LogP contribution in [-0.4, -0.2) is 14.1 Å². The molecule has 0 aliphatic carbocycles. The summed E-state index contributed by atoms with van der Waals surface area (Å²) in [5.74, 6) is 0. The number of nitrogens with zero attached hydrogens (tertiary/aromatic N) is 3. The molecule has 3 nitrogen and oxygen atoms in total. The molecule has 0 bridgehead atoms. The van der Waals surface area contributed by atoms with Gasteiger partial charge in [0.1, 0.15) is 0 Å². The van der Waals surface area contributed by atoms with Crippen molar-refractivity contribution in [2.75, 3.05) is 0 Å². The molecule has 5 heteroatoms. The van der Waals surface area contributed by atoms with Gasteiger partial charge in [0.2, 0.25) is 0 Å². The van der Waals surface area contributed by atoms with Crippen molar-refractivity contribution in [1.29, 1.82) is 0 Å².